The van der Waals surface area contributed by atoms with E-state index in [1.807, 2.05) is 0 Å². The number of thioether (sulfide) groups is 1. The van der Waals surface area contributed by atoms with Crippen molar-refractivity contribution in [1.82, 2.24) is 0 Å². The lowest BCUT2D eigenvalue weighted by Crippen LogP contribution is -2.17. The zero-order chi connectivity index (χ0) is 11.0. The van der Waals surface area contributed by atoms with Gasteiger partial charge >= 0.3 is 6.18 Å². The first-order chi connectivity index (χ1) is 6.45. The van der Waals surface area contributed by atoms with Crippen molar-refractivity contribution in [2.45, 2.75) is 19.0 Å². The lowest BCUT2D eigenvalue weighted by Gasteiger charge is -2.06. The second-order valence-corrected chi connectivity index (χ2v) is 3.61. The largest absolute Gasteiger partial charge is 0.411 e. The topological polar surface area (TPSA) is 26.3 Å². The van der Waals surface area contributed by atoms with Crippen LogP contribution in [0.4, 0.5) is 13.2 Å². The van der Waals surface area contributed by atoms with E-state index in [9.17, 15) is 18.0 Å². The molecule has 0 aliphatic heterocycles. The van der Waals surface area contributed by atoms with Crippen LogP contribution in [0.15, 0.2) is 0 Å². The lowest BCUT2D eigenvalue weighted by atomic mass is 10.2. The molecule has 0 heterocycles. The summed E-state index contributed by atoms with van der Waals surface area (Å²) in [5.41, 5.74) is 0. The molecule has 0 radical (unpaired) electrons. The zero-order valence-corrected chi connectivity index (χ0v) is 8.71. The summed E-state index contributed by atoms with van der Waals surface area (Å²) in [5, 5.41) is 0. The van der Waals surface area contributed by atoms with Crippen molar-refractivity contribution < 1.29 is 22.7 Å². The van der Waals surface area contributed by atoms with Crippen molar-refractivity contribution in [3.05, 3.63) is 0 Å². The Hall–Kier alpha value is -0.230. The highest BCUT2D eigenvalue weighted by Gasteiger charge is 2.27. The van der Waals surface area contributed by atoms with E-state index < -0.39 is 12.8 Å². The van der Waals surface area contributed by atoms with Crippen LogP contribution >= 0.6 is 11.8 Å². The van der Waals surface area contributed by atoms with Crippen LogP contribution in [0.3, 0.4) is 0 Å². The van der Waals surface area contributed by atoms with Crippen LogP contribution in [0.2, 0.25) is 0 Å². The Morgan fingerprint density at radius 3 is 2.57 bits per heavy atom. The van der Waals surface area contributed by atoms with Gasteiger partial charge in [-0.3, -0.25) is 4.79 Å². The number of carbonyl (C=O) groups is 1. The third kappa shape index (κ3) is 9.85. The molecule has 14 heavy (non-hydrogen) atoms. The van der Waals surface area contributed by atoms with E-state index in [-0.39, 0.29) is 12.4 Å². The molecule has 0 spiro atoms. The number of Topliss-reactive ketones (excluding diaryl/α,β-unsaturated/α-hetero) is 1. The maximum absolute atomic E-state index is 11.6. The molecule has 0 N–H and O–H groups in total. The van der Waals surface area contributed by atoms with Gasteiger partial charge in [-0.05, 0) is 12.7 Å². The summed E-state index contributed by atoms with van der Waals surface area (Å²) in [6.07, 6.45) is -1.82. The molecule has 6 heteroatoms. The van der Waals surface area contributed by atoms with Crippen LogP contribution < -0.4 is 0 Å². The van der Waals surface area contributed by atoms with Crippen LogP contribution in [-0.2, 0) is 9.53 Å². The average Bonchev–Trinajstić information content (AvgIpc) is 2.02. The van der Waals surface area contributed by atoms with Gasteiger partial charge in [0.1, 0.15) is 12.4 Å². The highest BCUT2D eigenvalue weighted by atomic mass is 32.2. The number of hydrogen-bond donors (Lipinski definition) is 0. The Morgan fingerprint density at radius 1 is 1.43 bits per heavy atom. The third-order valence-corrected chi connectivity index (χ3v) is 1.93. The average molecular weight is 230 g/mol. The first-order valence-corrected chi connectivity index (χ1v) is 5.50. The third-order valence-electron chi connectivity index (χ3n) is 1.32. The van der Waals surface area contributed by atoms with E-state index in [1.54, 1.807) is 6.26 Å². The van der Waals surface area contributed by atoms with E-state index in [0.29, 0.717) is 18.6 Å². The Labute approximate surface area is 85.2 Å². The molecule has 0 fully saturated rings. The highest BCUT2D eigenvalue weighted by molar-refractivity contribution is 7.99. The van der Waals surface area contributed by atoms with Crippen molar-refractivity contribution >= 4 is 17.5 Å². The molecule has 0 aliphatic rings. The summed E-state index contributed by atoms with van der Waals surface area (Å²) >= 11 is 1.41. The second kappa shape index (κ2) is 7.11. The zero-order valence-electron chi connectivity index (χ0n) is 7.89. The van der Waals surface area contributed by atoms with Crippen molar-refractivity contribution in [3.8, 4) is 0 Å². The van der Waals surface area contributed by atoms with E-state index >= 15 is 0 Å². The summed E-state index contributed by atoms with van der Waals surface area (Å²) in [6, 6.07) is 0. The van der Waals surface area contributed by atoms with Gasteiger partial charge in [0, 0.05) is 13.0 Å². The van der Waals surface area contributed by atoms with Crippen LogP contribution in [0, 0.1) is 0 Å². The monoisotopic (exact) mass is 230 g/mol. The molecule has 2 nitrogen and oxygen atoms in total. The maximum atomic E-state index is 11.6. The molecule has 0 saturated carbocycles. The molecule has 84 valence electrons. The minimum atomic E-state index is -4.27. The van der Waals surface area contributed by atoms with Gasteiger partial charge in [-0.25, -0.2) is 0 Å². The van der Waals surface area contributed by atoms with E-state index in [1.165, 1.54) is 11.8 Å². The van der Waals surface area contributed by atoms with E-state index in [0.717, 1.165) is 0 Å². The van der Waals surface area contributed by atoms with Crippen LogP contribution in [0.1, 0.15) is 12.8 Å². The number of halogens is 3. The smallest absolute Gasteiger partial charge is 0.372 e. The van der Waals surface area contributed by atoms with Crippen molar-refractivity contribution in [2.75, 3.05) is 25.2 Å². The fourth-order valence-electron chi connectivity index (χ4n) is 0.792. The minimum absolute atomic E-state index is 0.0143. The van der Waals surface area contributed by atoms with Gasteiger partial charge in [0.15, 0.2) is 0 Å². The molecule has 0 aromatic carbocycles. The number of carbonyl (C=O) groups excluding carboxylic acids is 1. The van der Waals surface area contributed by atoms with Gasteiger partial charge in [-0.1, -0.05) is 0 Å². The van der Waals surface area contributed by atoms with Crippen molar-refractivity contribution in [1.29, 1.82) is 0 Å². The maximum Gasteiger partial charge on any atom is 0.411 e. The Kier molecular flexibility index (Phi) is 7.00. The highest BCUT2D eigenvalue weighted by Crippen LogP contribution is 2.14. The van der Waals surface area contributed by atoms with Crippen LogP contribution in [-0.4, -0.2) is 37.2 Å². The first-order valence-electron chi connectivity index (χ1n) is 4.11. The summed E-state index contributed by atoms with van der Waals surface area (Å²) in [7, 11) is 0. The normalized spacial score (nSPS) is 11.7. The molecule has 0 rings (SSSR count). The minimum Gasteiger partial charge on any atom is -0.372 e. The Balaban J connectivity index is 3.26. The standard InChI is InChI=1S/C8H13F3O2S/c1-14-5-7(12)3-2-4-13-6-8(9,10)11/h2-6H2,1H3. The predicted molar refractivity (Wildman–Crippen MR) is 49.5 cm³/mol. The summed E-state index contributed by atoms with van der Waals surface area (Å²) in [6.45, 7) is -1.25. The van der Waals surface area contributed by atoms with E-state index in [2.05, 4.69) is 4.74 Å². The SMILES string of the molecule is CSCC(=O)CCCOCC(F)(F)F. The number of ether oxygens (including phenoxy) is 1. The Morgan fingerprint density at radius 2 is 2.07 bits per heavy atom. The molecule has 0 amide bonds. The van der Waals surface area contributed by atoms with Gasteiger partial charge in [0.25, 0.3) is 0 Å². The lowest BCUT2D eigenvalue weighted by molar-refractivity contribution is -0.174. The van der Waals surface area contributed by atoms with Gasteiger partial charge in [0.2, 0.25) is 0 Å². The van der Waals surface area contributed by atoms with Crippen LogP contribution in [0.5, 0.6) is 0 Å². The fourth-order valence-corrected chi connectivity index (χ4v) is 1.26. The number of hydrogen-bond acceptors (Lipinski definition) is 3. The molecule has 0 aromatic heterocycles. The molecular weight excluding hydrogens is 217 g/mol. The van der Waals surface area contributed by atoms with E-state index in [4.69, 9.17) is 0 Å². The summed E-state index contributed by atoms with van der Waals surface area (Å²) in [5.74, 6) is 0.465. The molecule has 0 saturated heterocycles. The molecular formula is C8H13F3O2S. The molecule has 0 aromatic rings. The second-order valence-electron chi connectivity index (χ2n) is 2.74. The molecule has 0 unspecified atom stereocenters. The number of rotatable bonds is 7. The number of alkyl halides is 3. The summed E-state index contributed by atoms with van der Waals surface area (Å²) in [4.78, 5) is 10.9. The predicted octanol–water partition coefficient (Wildman–Crippen LogP) is 2.28. The quantitative estimate of drug-likeness (QED) is 0.628. The van der Waals surface area contributed by atoms with Crippen LogP contribution in [0.25, 0.3) is 0 Å². The molecule has 0 aliphatic carbocycles. The van der Waals surface area contributed by atoms with Crippen molar-refractivity contribution in [2.24, 2.45) is 0 Å². The first kappa shape index (κ1) is 13.8. The molecule has 0 bridgehead atoms. The van der Waals surface area contributed by atoms with Gasteiger partial charge in [-0.15, -0.1) is 0 Å². The fraction of sp³-hybridized carbons (Fsp3) is 0.875. The molecule has 0 atom stereocenters. The van der Waals surface area contributed by atoms with Gasteiger partial charge < -0.3 is 4.74 Å². The number of ketones is 1. The summed E-state index contributed by atoms with van der Waals surface area (Å²) < 4.78 is 39.0. The van der Waals surface area contributed by atoms with Crippen molar-refractivity contribution in [3.63, 3.8) is 0 Å². The van der Waals surface area contributed by atoms with Gasteiger partial charge in [0.05, 0.1) is 5.75 Å². The Bertz CT molecular complexity index is 170. The van der Waals surface area contributed by atoms with Gasteiger partial charge in [-0.2, -0.15) is 24.9 Å².